The van der Waals surface area contributed by atoms with Gasteiger partial charge in [0.1, 0.15) is 6.61 Å². The molecule has 5 rings (SSSR count). The number of rotatable bonds is 3. The van der Waals surface area contributed by atoms with Crippen molar-refractivity contribution in [2.45, 2.75) is 43.9 Å². The summed E-state index contributed by atoms with van der Waals surface area (Å²) in [4.78, 5) is 12.4. The summed E-state index contributed by atoms with van der Waals surface area (Å²) in [5.41, 5.74) is 1.41. The number of hydrogen-bond acceptors (Lipinski definition) is 2. The highest BCUT2D eigenvalue weighted by atomic mass is 16.3. The van der Waals surface area contributed by atoms with Gasteiger partial charge in [0.15, 0.2) is 5.78 Å². The normalized spacial score (nSPS) is 41.9. The zero-order valence-electron chi connectivity index (χ0n) is 11.8. The molecule has 2 heteroatoms. The molecule has 4 saturated carbocycles. The van der Waals surface area contributed by atoms with Gasteiger partial charge in [0.2, 0.25) is 0 Å². The van der Waals surface area contributed by atoms with Crippen molar-refractivity contribution in [3.05, 3.63) is 35.9 Å². The smallest absolute Gasteiger partial charge is 0.164 e. The van der Waals surface area contributed by atoms with Gasteiger partial charge in [-0.15, -0.1) is 0 Å². The Kier molecular flexibility index (Phi) is 2.62. The van der Waals surface area contributed by atoms with E-state index in [1.807, 2.05) is 0 Å². The molecule has 0 spiro atoms. The van der Waals surface area contributed by atoms with Crippen LogP contribution in [0.2, 0.25) is 0 Å². The predicted molar refractivity (Wildman–Crippen MR) is 77.3 cm³/mol. The summed E-state index contributed by atoms with van der Waals surface area (Å²) in [6.07, 6.45) is 6.81. The molecule has 4 bridgehead atoms. The van der Waals surface area contributed by atoms with Gasteiger partial charge in [-0.05, 0) is 61.3 Å². The minimum Gasteiger partial charge on any atom is -0.389 e. The maximum absolute atomic E-state index is 12.4. The Hall–Kier alpha value is -1.15. The van der Waals surface area contributed by atoms with E-state index >= 15 is 0 Å². The second-order valence-electron chi connectivity index (χ2n) is 7.47. The van der Waals surface area contributed by atoms with Crippen LogP contribution in [0, 0.1) is 17.3 Å². The van der Waals surface area contributed by atoms with E-state index in [9.17, 15) is 9.90 Å². The Morgan fingerprint density at radius 3 is 2.35 bits per heavy atom. The third-order valence-electron chi connectivity index (χ3n) is 6.18. The molecule has 4 fully saturated rings. The van der Waals surface area contributed by atoms with Crippen LogP contribution in [-0.2, 0) is 10.2 Å². The number of carbonyl (C=O) groups is 1. The maximum atomic E-state index is 12.4. The van der Waals surface area contributed by atoms with Crippen molar-refractivity contribution in [2.75, 3.05) is 6.61 Å². The van der Waals surface area contributed by atoms with Crippen molar-refractivity contribution in [3.63, 3.8) is 0 Å². The molecule has 1 aromatic rings. The van der Waals surface area contributed by atoms with Crippen LogP contribution in [-0.4, -0.2) is 17.5 Å². The van der Waals surface area contributed by atoms with Gasteiger partial charge in [0.25, 0.3) is 0 Å². The lowest BCUT2D eigenvalue weighted by Gasteiger charge is -2.61. The first-order valence-corrected chi connectivity index (χ1v) is 7.86. The third kappa shape index (κ3) is 1.64. The Bertz CT molecular complexity index is 520. The van der Waals surface area contributed by atoms with Crippen LogP contribution < -0.4 is 0 Å². The van der Waals surface area contributed by atoms with E-state index in [0.29, 0.717) is 11.8 Å². The van der Waals surface area contributed by atoms with E-state index in [0.717, 1.165) is 19.3 Å². The molecule has 2 nitrogen and oxygen atoms in total. The quantitative estimate of drug-likeness (QED) is 0.916. The van der Waals surface area contributed by atoms with Gasteiger partial charge >= 0.3 is 0 Å². The summed E-state index contributed by atoms with van der Waals surface area (Å²) in [5.74, 6) is 1.48. The minimum absolute atomic E-state index is 0.104. The fourth-order valence-electron chi connectivity index (χ4n) is 5.89. The van der Waals surface area contributed by atoms with Crippen molar-refractivity contribution in [1.29, 1.82) is 0 Å². The standard InChI is InChI=1S/C18H22O2/c19-11-16(20)18-9-13-6-14(10-18)8-17(7-13,12-18)15-4-2-1-3-5-15/h1-5,13-14,19H,6-12H2. The zero-order chi connectivity index (χ0) is 13.8. The summed E-state index contributed by atoms with van der Waals surface area (Å²) in [6.45, 7) is -0.274. The lowest BCUT2D eigenvalue weighted by Crippen LogP contribution is -2.57. The molecule has 0 saturated heterocycles. The molecule has 106 valence electrons. The number of ketones is 1. The lowest BCUT2D eigenvalue weighted by molar-refractivity contribution is -0.149. The molecular formula is C18H22O2. The van der Waals surface area contributed by atoms with E-state index in [-0.39, 0.29) is 23.2 Å². The van der Waals surface area contributed by atoms with Crippen LogP contribution in [0.4, 0.5) is 0 Å². The molecule has 0 aliphatic heterocycles. The number of benzene rings is 1. The van der Waals surface area contributed by atoms with E-state index in [4.69, 9.17) is 0 Å². The molecule has 4 aliphatic carbocycles. The maximum Gasteiger partial charge on any atom is 0.164 e. The first-order valence-electron chi connectivity index (χ1n) is 7.86. The van der Waals surface area contributed by atoms with Crippen LogP contribution in [0.1, 0.15) is 44.1 Å². The monoisotopic (exact) mass is 270 g/mol. The highest BCUT2D eigenvalue weighted by molar-refractivity contribution is 5.86. The number of Topliss-reactive ketones (excluding diaryl/α,β-unsaturated/α-hetero) is 1. The SMILES string of the molecule is O=C(CO)C12CC3CC(C1)CC(c1ccccc1)(C3)C2. The number of aliphatic hydroxyl groups excluding tert-OH is 1. The molecule has 1 N–H and O–H groups in total. The summed E-state index contributed by atoms with van der Waals surface area (Å²) >= 11 is 0. The summed E-state index contributed by atoms with van der Waals surface area (Å²) < 4.78 is 0. The van der Waals surface area contributed by atoms with E-state index in [1.165, 1.54) is 24.8 Å². The summed E-state index contributed by atoms with van der Waals surface area (Å²) in [7, 11) is 0. The summed E-state index contributed by atoms with van der Waals surface area (Å²) in [5, 5.41) is 9.40. The fourth-order valence-corrected chi connectivity index (χ4v) is 5.89. The Labute approximate surface area is 120 Å². The van der Waals surface area contributed by atoms with E-state index < -0.39 is 0 Å². The fraction of sp³-hybridized carbons (Fsp3) is 0.611. The Morgan fingerprint density at radius 2 is 1.75 bits per heavy atom. The molecule has 1 aromatic carbocycles. The second-order valence-corrected chi connectivity index (χ2v) is 7.47. The third-order valence-corrected chi connectivity index (χ3v) is 6.18. The molecule has 4 aliphatic rings. The molecule has 0 aromatic heterocycles. The average Bonchev–Trinajstić information content (AvgIpc) is 2.46. The lowest BCUT2D eigenvalue weighted by atomic mass is 9.42. The van der Waals surface area contributed by atoms with Crippen LogP contribution in [0.5, 0.6) is 0 Å². The van der Waals surface area contributed by atoms with Gasteiger partial charge in [0.05, 0.1) is 0 Å². The van der Waals surface area contributed by atoms with Gasteiger partial charge in [-0.3, -0.25) is 4.79 Å². The van der Waals surface area contributed by atoms with Gasteiger partial charge in [0, 0.05) is 5.41 Å². The van der Waals surface area contributed by atoms with Crippen molar-refractivity contribution >= 4 is 5.78 Å². The van der Waals surface area contributed by atoms with Gasteiger partial charge in [-0.25, -0.2) is 0 Å². The van der Waals surface area contributed by atoms with E-state index in [2.05, 4.69) is 30.3 Å². The van der Waals surface area contributed by atoms with Crippen LogP contribution in [0.15, 0.2) is 30.3 Å². The van der Waals surface area contributed by atoms with Crippen molar-refractivity contribution in [1.82, 2.24) is 0 Å². The molecular weight excluding hydrogens is 248 g/mol. The largest absolute Gasteiger partial charge is 0.389 e. The van der Waals surface area contributed by atoms with Gasteiger partial charge in [-0.2, -0.15) is 0 Å². The Morgan fingerprint density at radius 1 is 1.10 bits per heavy atom. The first-order chi connectivity index (χ1) is 9.66. The van der Waals surface area contributed by atoms with Crippen LogP contribution >= 0.6 is 0 Å². The molecule has 0 heterocycles. The van der Waals surface area contributed by atoms with Crippen LogP contribution in [0.25, 0.3) is 0 Å². The molecule has 2 atom stereocenters. The van der Waals surface area contributed by atoms with Crippen molar-refractivity contribution in [2.24, 2.45) is 17.3 Å². The van der Waals surface area contributed by atoms with Crippen molar-refractivity contribution < 1.29 is 9.90 Å². The molecule has 20 heavy (non-hydrogen) atoms. The first kappa shape index (κ1) is 12.6. The molecule has 0 radical (unpaired) electrons. The second kappa shape index (κ2) is 4.17. The molecule has 0 amide bonds. The average molecular weight is 270 g/mol. The molecule has 2 unspecified atom stereocenters. The minimum atomic E-state index is -0.274. The van der Waals surface area contributed by atoms with Crippen molar-refractivity contribution in [3.8, 4) is 0 Å². The highest BCUT2D eigenvalue weighted by Crippen LogP contribution is 2.65. The Balaban J connectivity index is 1.78. The predicted octanol–water partition coefficient (Wildman–Crippen LogP) is 3.09. The number of aliphatic hydroxyl groups is 1. The summed E-state index contributed by atoms with van der Waals surface area (Å²) in [6, 6.07) is 10.8. The van der Waals surface area contributed by atoms with E-state index in [1.54, 1.807) is 0 Å². The van der Waals surface area contributed by atoms with Gasteiger partial charge in [-0.1, -0.05) is 30.3 Å². The highest BCUT2D eigenvalue weighted by Gasteiger charge is 2.60. The topological polar surface area (TPSA) is 37.3 Å². The van der Waals surface area contributed by atoms with Crippen LogP contribution in [0.3, 0.4) is 0 Å². The number of carbonyl (C=O) groups excluding carboxylic acids is 1. The zero-order valence-corrected chi connectivity index (χ0v) is 11.8. The number of hydrogen-bond donors (Lipinski definition) is 1. The van der Waals surface area contributed by atoms with Gasteiger partial charge < -0.3 is 5.11 Å².